The van der Waals surface area contributed by atoms with Gasteiger partial charge < -0.3 is 15.6 Å². The molecule has 7 heteroatoms. The molecule has 0 unspecified atom stereocenters. The second-order valence-electron chi connectivity index (χ2n) is 4.28. The molecule has 1 aliphatic rings. The first-order valence-electron chi connectivity index (χ1n) is 5.46. The van der Waals surface area contributed by atoms with Crippen molar-refractivity contribution in [3.8, 4) is 0 Å². The summed E-state index contributed by atoms with van der Waals surface area (Å²) in [5.41, 5.74) is 5.29. The molecule has 1 saturated carbocycles. The van der Waals surface area contributed by atoms with Gasteiger partial charge in [0.1, 0.15) is 0 Å². The van der Waals surface area contributed by atoms with Crippen molar-refractivity contribution >= 4 is 18.3 Å². The molecular formula is C10H17ClN4O2. The van der Waals surface area contributed by atoms with Gasteiger partial charge in [-0.05, 0) is 19.8 Å². The minimum Gasteiger partial charge on any atom is -0.345 e. The van der Waals surface area contributed by atoms with Crippen molar-refractivity contribution < 1.29 is 9.32 Å². The maximum atomic E-state index is 11.8. The SMILES string of the molecule is Cc1noc(CNC(=O)C2(N)CCCC2)n1.Cl. The van der Waals surface area contributed by atoms with E-state index in [2.05, 4.69) is 15.5 Å². The number of nitrogens with one attached hydrogen (secondary N) is 1. The van der Waals surface area contributed by atoms with Crippen LogP contribution in [-0.2, 0) is 11.3 Å². The average Bonchev–Trinajstić information content (AvgIpc) is 2.85. The van der Waals surface area contributed by atoms with E-state index in [4.69, 9.17) is 10.3 Å². The number of aryl methyl sites for hydroxylation is 1. The Morgan fingerprint density at radius 2 is 2.18 bits per heavy atom. The number of nitrogens with two attached hydrogens (primary N) is 1. The molecule has 1 amide bonds. The Hall–Kier alpha value is -1.14. The summed E-state index contributed by atoms with van der Waals surface area (Å²) in [5, 5.41) is 6.38. The second-order valence-corrected chi connectivity index (χ2v) is 4.28. The highest BCUT2D eigenvalue weighted by atomic mass is 35.5. The van der Waals surface area contributed by atoms with Gasteiger partial charge in [0, 0.05) is 0 Å². The number of carbonyl (C=O) groups excluding carboxylic acids is 1. The van der Waals surface area contributed by atoms with E-state index in [-0.39, 0.29) is 24.9 Å². The maximum absolute atomic E-state index is 11.8. The number of amides is 1. The zero-order valence-corrected chi connectivity index (χ0v) is 10.5. The molecule has 0 aliphatic heterocycles. The van der Waals surface area contributed by atoms with Crippen LogP contribution in [0.1, 0.15) is 37.4 Å². The standard InChI is InChI=1S/C10H16N4O2.ClH/c1-7-13-8(16-14-7)6-12-9(15)10(11)4-2-3-5-10;/h2-6,11H2,1H3,(H,12,15);1H. The van der Waals surface area contributed by atoms with Gasteiger partial charge in [-0.25, -0.2) is 0 Å². The van der Waals surface area contributed by atoms with Crippen molar-refractivity contribution in [2.45, 2.75) is 44.7 Å². The Labute approximate surface area is 106 Å². The summed E-state index contributed by atoms with van der Waals surface area (Å²) in [5.74, 6) is 0.848. The molecule has 1 fully saturated rings. The third-order valence-corrected chi connectivity index (χ3v) is 2.92. The number of rotatable bonds is 3. The zero-order valence-electron chi connectivity index (χ0n) is 9.73. The van der Waals surface area contributed by atoms with Crippen molar-refractivity contribution in [3.63, 3.8) is 0 Å². The van der Waals surface area contributed by atoms with E-state index in [1.807, 2.05) is 0 Å². The van der Waals surface area contributed by atoms with Crippen LogP contribution in [0.3, 0.4) is 0 Å². The van der Waals surface area contributed by atoms with Gasteiger partial charge in [-0.1, -0.05) is 18.0 Å². The average molecular weight is 261 g/mol. The van der Waals surface area contributed by atoms with Crippen molar-refractivity contribution in [1.82, 2.24) is 15.5 Å². The van der Waals surface area contributed by atoms with Gasteiger partial charge in [-0.15, -0.1) is 12.4 Å². The molecule has 1 aliphatic carbocycles. The molecule has 96 valence electrons. The molecule has 0 saturated heterocycles. The van der Waals surface area contributed by atoms with Gasteiger partial charge in [-0.2, -0.15) is 4.98 Å². The first-order valence-corrected chi connectivity index (χ1v) is 5.46. The summed E-state index contributed by atoms with van der Waals surface area (Å²) in [6.45, 7) is 1.98. The number of aromatic nitrogens is 2. The molecule has 1 heterocycles. The predicted molar refractivity (Wildman–Crippen MR) is 63.5 cm³/mol. The van der Waals surface area contributed by atoms with Crippen LogP contribution < -0.4 is 11.1 Å². The molecule has 0 bridgehead atoms. The Kier molecular flexibility index (Phi) is 4.47. The van der Waals surface area contributed by atoms with E-state index in [9.17, 15) is 4.79 Å². The Morgan fingerprint density at radius 1 is 1.53 bits per heavy atom. The molecule has 6 nitrogen and oxygen atoms in total. The van der Waals surface area contributed by atoms with E-state index in [0.717, 1.165) is 25.7 Å². The van der Waals surface area contributed by atoms with Gasteiger partial charge in [0.15, 0.2) is 5.82 Å². The zero-order chi connectivity index (χ0) is 11.6. The topological polar surface area (TPSA) is 94.0 Å². The van der Waals surface area contributed by atoms with E-state index in [0.29, 0.717) is 11.7 Å². The summed E-state index contributed by atoms with van der Waals surface area (Å²) in [7, 11) is 0. The Bertz CT molecular complexity index is 387. The molecule has 2 rings (SSSR count). The number of halogens is 1. The van der Waals surface area contributed by atoms with Crippen LogP contribution in [0.15, 0.2) is 4.52 Å². The lowest BCUT2D eigenvalue weighted by Crippen LogP contribution is -2.51. The molecule has 0 atom stereocenters. The minimum absolute atomic E-state index is 0. The summed E-state index contributed by atoms with van der Waals surface area (Å²) in [4.78, 5) is 15.8. The van der Waals surface area contributed by atoms with E-state index in [1.165, 1.54) is 0 Å². The van der Waals surface area contributed by atoms with Gasteiger partial charge in [0.2, 0.25) is 11.8 Å². The van der Waals surface area contributed by atoms with E-state index in [1.54, 1.807) is 6.92 Å². The van der Waals surface area contributed by atoms with Crippen LogP contribution in [0.2, 0.25) is 0 Å². The maximum Gasteiger partial charge on any atom is 0.246 e. The molecule has 17 heavy (non-hydrogen) atoms. The molecular weight excluding hydrogens is 244 g/mol. The quantitative estimate of drug-likeness (QED) is 0.834. The van der Waals surface area contributed by atoms with Crippen molar-refractivity contribution in [2.75, 3.05) is 0 Å². The first-order chi connectivity index (χ1) is 7.60. The normalized spacial score (nSPS) is 17.5. The van der Waals surface area contributed by atoms with E-state index < -0.39 is 5.54 Å². The summed E-state index contributed by atoms with van der Waals surface area (Å²) in [6.07, 6.45) is 3.54. The predicted octanol–water partition coefficient (Wildman–Crippen LogP) is 0.688. The first kappa shape index (κ1) is 13.9. The van der Waals surface area contributed by atoms with Gasteiger partial charge in [0.25, 0.3) is 0 Å². The molecule has 1 aromatic heterocycles. The molecule has 0 radical (unpaired) electrons. The third kappa shape index (κ3) is 3.17. The fourth-order valence-corrected chi connectivity index (χ4v) is 1.98. The van der Waals surface area contributed by atoms with Crippen LogP contribution in [-0.4, -0.2) is 21.6 Å². The monoisotopic (exact) mass is 260 g/mol. The smallest absolute Gasteiger partial charge is 0.246 e. The Morgan fingerprint density at radius 3 is 2.71 bits per heavy atom. The fraction of sp³-hybridized carbons (Fsp3) is 0.700. The third-order valence-electron chi connectivity index (χ3n) is 2.92. The number of nitrogens with zero attached hydrogens (tertiary/aromatic N) is 2. The van der Waals surface area contributed by atoms with Crippen LogP contribution >= 0.6 is 12.4 Å². The van der Waals surface area contributed by atoms with Crippen LogP contribution in [0.4, 0.5) is 0 Å². The summed E-state index contributed by atoms with van der Waals surface area (Å²) in [6, 6.07) is 0. The summed E-state index contributed by atoms with van der Waals surface area (Å²) < 4.78 is 4.89. The molecule has 3 N–H and O–H groups in total. The molecule has 0 spiro atoms. The van der Waals surface area contributed by atoms with Gasteiger partial charge >= 0.3 is 0 Å². The van der Waals surface area contributed by atoms with Crippen molar-refractivity contribution in [1.29, 1.82) is 0 Å². The molecule has 0 aromatic carbocycles. The highest BCUT2D eigenvalue weighted by molar-refractivity contribution is 5.86. The number of hydrogen-bond acceptors (Lipinski definition) is 5. The van der Waals surface area contributed by atoms with Crippen molar-refractivity contribution in [2.24, 2.45) is 5.73 Å². The van der Waals surface area contributed by atoms with Crippen LogP contribution in [0.25, 0.3) is 0 Å². The lowest BCUT2D eigenvalue weighted by Gasteiger charge is -2.21. The fourth-order valence-electron chi connectivity index (χ4n) is 1.98. The van der Waals surface area contributed by atoms with E-state index >= 15 is 0 Å². The lowest BCUT2D eigenvalue weighted by molar-refractivity contribution is -0.126. The number of carbonyl (C=O) groups is 1. The Balaban J connectivity index is 0.00000144. The van der Waals surface area contributed by atoms with Gasteiger partial charge in [-0.3, -0.25) is 4.79 Å². The summed E-state index contributed by atoms with van der Waals surface area (Å²) >= 11 is 0. The largest absolute Gasteiger partial charge is 0.345 e. The van der Waals surface area contributed by atoms with Gasteiger partial charge in [0.05, 0.1) is 12.1 Å². The molecule has 1 aromatic rings. The lowest BCUT2D eigenvalue weighted by atomic mass is 9.98. The number of hydrogen-bond donors (Lipinski definition) is 2. The minimum atomic E-state index is -0.699. The highest BCUT2D eigenvalue weighted by Gasteiger charge is 2.36. The highest BCUT2D eigenvalue weighted by Crippen LogP contribution is 2.27. The van der Waals surface area contributed by atoms with Crippen LogP contribution in [0, 0.1) is 6.92 Å². The second kappa shape index (κ2) is 5.46. The van der Waals surface area contributed by atoms with Crippen LogP contribution in [0.5, 0.6) is 0 Å². The van der Waals surface area contributed by atoms with Crippen molar-refractivity contribution in [3.05, 3.63) is 11.7 Å².